The Labute approximate surface area is 183 Å². The van der Waals surface area contributed by atoms with Crippen LogP contribution < -0.4 is 15.0 Å². The lowest BCUT2D eigenvalue weighted by molar-refractivity contribution is -0.120. The van der Waals surface area contributed by atoms with Gasteiger partial charge in [0.25, 0.3) is 11.8 Å². The van der Waals surface area contributed by atoms with Gasteiger partial charge in [-0.3, -0.25) is 9.59 Å². The highest BCUT2D eigenvalue weighted by Crippen LogP contribution is 2.39. The maximum absolute atomic E-state index is 13.3. The second kappa shape index (κ2) is 8.65. The number of imide groups is 1. The van der Waals surface area contributed by atoms with Gasteiger partial charge in [0.05, 0.1) is 18.5 Å². The average Bonchev–Trinajstić information content (AvgIpc) is 2.99. The van der Waals surface area contributed by atoms with E-state index in [1.165, 1.54) is 11.8 Å². The molecule has 5 nitrogen and oxygen atoms in total. The smallest absolute Gasteiger partial charge is 0.283 e. The van der Waals surface area contributed by atoms with Crippen LogP contribution in [0.4, 0.5) is 11.4 Å². The van der Waals surface area contributed by atoms with Gasteiger partial charge in [0, 0.05) is 9.92 Å². The van der Waals surface area contributed by atoms with Crippen molar-refractivity contribution in [3.63, 3.8) is 0 Å². The molecule has 3 aromatic carbocycles. The minimum atomic E-state index is -0.438. The largest absolute Gasteiger partial charge is 0.495 e. The number of thioether (sulfide) groups is 1. The molecule has 30 heavy (non-hydrogen) atoms. The molecule has 0 unspecified atom stereocenters. The first-order chi connectivity index (χ1) is 14.6. The zero-order valence-electron chi connectivity index (χ0n) is 16.0. The molecule has 1 aliphatic heterocycles. The third kappa shape index (κ3) is 3.92. The van der Waals surface area contributed by atoms with Gasteiger partial charge in [-0.2, -0.15) is 0 Å². The highest BCUT2D eigenvalue weighted by molar-refractivity contribution is 8.04. The quantitative estimate of drug-likeness (QED) is 0.529. The number of nitrogens with one attached hydrogen (secondary N) is 1. The summed E-state index contributed by atoms with van der Waals surface area (Å²) in [5.74, 6) is -0.264. The zero-order valence-corrected chi connectivity index (χ0v) is 17.5. The van der Waals surface area contributed by atoms with Crippen LogP contribution in [0.5, 0.6) is 5.75 Å². The normalized spacial score (nSPS) is 13.7. The Bertz CT molecular complexity index is 1130. The lowest BCUT2D eigenvalue weighted by Crippen LogP contribution is -2.32. The summed E-state index contributed by atoms with van der Waals surface area (Å²) in [6, 6.07) is 23.3. The third-order valence-electron chi connectivity index (χ3n) is 4.46. The minimum Gasteiger partial charge on any atom is -0.495 e. The van der Waals surface area contributed by atoms with Gasteiger partial charge in [-0.25, -0.2) is 4.90 Å². The second-order valence-electron chi connectivity index (χ2n) is 6.37. The number of methoxy groups -OCH3 is 1. The zero-order chi connectivity index (χ0) is 21.1. The number of hydrogen-bond acceptors (Lipinski definition) is 5. The molecule has 0 bridgehead atoms. The number of hydrogen-bond donors (Lipinski definition) is 1. The highest BCUT2D eigenvalue weighted by Gasteiger charge is 2.40. The Kier molecular flexibility index (Phi) is 5.79. The van der Waals surface area contributed by atoms with Crippen molar-refractivity contribution in [1.29, 1.82) is 0 Å². The van der Waals surface area contributed by atoms with Gasteiger partial charge in [-0.1, -0.05) is 53.7 Å². The van der Waals surface area contributed by atoms with Crippen LogP contribution in [-0.4, -0.2) is 18.9 Å². The molecule has 0 saturated heterocycles. The molecule has 2 amide bonds. The molecule has 0 spiro atoms. The van der Waals surface area contributed by atoms with Crippen LogP contribution >= 0.6 is 23.4 Å². The summed E-state index contributed by atoms with van der Waals surface area (Å²) in [7, 11) is 1.55. The predicted molar refractivity (Wildman–Crippen MR) is 120 cm³/mol. The maximum atomic E-state index is 13.3. The summed E-state index contributed by atoms with van der Waals surface area (Å²) in [4.78, 5) is 28.9. The Morgan fingerprint density at radius 1 is 0.867 bits per heavy atom. The molecule has 0 saturated carbocycles. The lowest BCUT2D eigenvalue weighted by Gasteiger charge is -2.15. The first-order valence-corrected chi connectivity index (χ1v) is 10.3. The molecule has 0 atom stereocenters. The van der Waals surface area contributed by atoms with E-state index < -0.39 is 11.8 Å². The number of anilines is 2. The molecular formula is C23H17ClN2O3S. The Morgan fingerprint density at radius 2 is 1.53 bits per heavy atom. The summed E-state index contributed by atoms with van der Waals surface area (Å²) in [5, 5.41) is 3.64. The molecule has 3 aromatic rings. The molecule has 1 heterocycles. The standard InChI is InChI=1S/C23H17ClN2O3S/c1-29-19-10-6-5-9-18(19)25-20-21(30-17-7-3-2-4-8-17)23(28)26(22(20)27)16-13-11-15(24)12-14-16/h2-14,25H,1H3. The van der Waals surface area contributed by atoms with E-state index in [1.807, 2.05) is 42.5 Å². The van der Waals surface area contributed by atoms with Crippen LogP contribution in [0.1, 0.15) is 0 Å². The third-order valence-corrected chi connectivity index (χ3v) is 5.80. The first kappa shape index (κ1) is 20.1. The van der Waals surface area contributed by atoms with Crippen molar-refractivity contribution >= 4 is 46.6 Å². The van der Waals surface area contributed by atoms with E-state index in [2.05, 4.69) is 5.32 Å². The monoisotopic (exact) mass is 436 g/mol. The summed E-state index contributed by atoms with van der Waals surface area (Å²) >= 11 is 7.21. The van der Waals surface area contributed by atoms with E-state index >= 15 is 0 Å². The molecule has 1 aliphatic rings. The minimum absolute atomic E-state index is 0.202. The van der Waals surface area contributed by atoms with Crippen molar-refractivity contribution in [2.24, 2.45) is 0 Å². The fourth-order valence-electron chi connectivity index (χ4n) is 3.03. The lowest BCUT2D eigenvalue weighted by atomic mass is 10.2. The first-order valence-electron chi connectivity index (χ1n) is 9.10. The Morgan fingerprint density at radius 3 is 2.23 bits per heavy atom. The van der Waals surface area contributed by atoms with Gasteiger partial charge in [0.15, 0.2) is 0 Å². The second-order valence-corrected chi connectivity index (χ2v) is 7.89. The topological polar surface area (TPSA) is 58.6 Å². The van der Waals surface area contributed by atoms with Gasteiger partial charge in [0.1, 0.15) is 16.4 Å². The molecule has 0 radical (unpaired) electrons. The van der Waals surface area contributed by atoms with Crippen LogP contribution in [0.15, 0.2) is 94.4 Å². The Hall–Kier alpha value is -3.22. The van der Waals surface area contributed by atoms with Crippen molar-refractivity contribution < 1.29 is 14.3 Å². The fraction of sp³-hybridized carbons (Fsp3) is 0.0435. The van der Waals surface area contributed by atoms with Gasteiger partial charge in [0.2, 0.25) is 0 Å². The number of ether oxygens (including phenoxy) is 1. The van der Waals surface area contributed by atoms with Crippen molar-refractivity contribution in [2.75, 3.05) is 17.3 Å². The number of para-hydroxylation sites is 2. The number of benzene rings is 3. The van der Waals surface area contributed by atoms with E-state index in [1.54, 1.807) is 43.5 Å². The van der Waals surface area contributed by atoms with E-state index in [4.69, 9.17) is 16.3 Å². The van der Waals surface area contributed by atoms with E-state index in [-0.39, 0.29) is 5.70 Å². The molecule has 0 fully saturated rings. The van der Waals surface area contributed by atoms with E-state index in [9.17, 15) is 9.59 Å². The van der Waals surface area contributed by atoms with Gasteiger partial charge in [-0.15, -0.1) is 0 Å². The summed E-state index contributed by atoms with van der Waals surface area (Å²) in [5.41, 5.74) is 1.26. The maximum Gasteiger partial charge on any atom is 0.283 e. The summed E-state index contributed by atoms with van der Waals surface area (Å²) < 4.78 is 5.38. The predicted octanol–water partition coefficient (Wildman–Crippen LogP) is 5.34. The van der Waals surface area contributed by atoms with Crippen molar-refractivity contribution in [3.8, 4) is 5.75 Å². The van der Waals surface area contributed by atoms with Gasteiger partial charge >= 0.3 is 0 Å². The molecule has 1 N–H and O–H groups in total. The van der Waals surface area contributed by atoms with Crippen LogP contribution in [0.2, 0.25) is 5.02 Å². The number of amides is 2. The number of rotatable bonds is 6. The van der Waals surface area contributed by atoms with Crippen LogP contribution in [0.3, 0.4) is 0 Å². The molecule has 150 valence electrons. The number of nitrogens with zero attached hydrogens (tertiary/aromatic N) is 1. The van der Waals surface area contributed by atoms with E-state index in [0.717, 1.165) is 9.80 Å². The fourth-order valence-corrected chi connectivity index (χ4v) is 4.10. The van der Waals surface area contributed by atoms with Crippen molar-refractivity contribution in [2.45, 2.75) is 4.90 Å². The molecule has 4 rings (SSSR count). The summed E-state index contributed by atoms with van der Waals surface area (Å²) in [6.45, 7) is 0. The van der Waals surface area contributed by atoms with Crippen LogP contribution in [0, 0.1) is 0 Å². The number of halogens is 1. The van der Waals surface area contributed by atoms with Crippen molar-refractivity contribution in [3.05, 3.63) is 94.5 Å². The Balaban J connectivity index is 1.76. The van der Waals surface area contributed by atoms with Crippen LogP contribution in [0.25, 0.3) is 0 Å². The molecular weight excluding hydrogens is 420 g/mol. The van der Waals surface area contributed by atoms with E-state index in [0.29, 0.717) is 27.1 Å². The number of carbonyl (C=O) groups excluding carboxylic acids is 2. The molecule has 0 aromatic heterocycles. The average molecular weight is 437 g/mol. The highest BCUT2D eigenvalue weighted by atomic mass is 35.5. The number of carbonyl (C=O) groups is 2. The summed E-state index contributed by atoms with van der Waals surface area (Å²) in [6.07, 6.45) is 0. The van der Waals surface area contributed by atoms with Gasteiger partial charge in [-0.05, 0) is 48.5 Å². The molecule has 0 aliphatic carbocycles. The van der Waals surface area contributed by atoms with Crippen LogP contribution in [-0.2, 0) is 9.59 Å². The van der Waals surface area contributed by atoms with Gasteiger partial charge < -0.3 is 10.1 Å². The SMILES string of the molecule is COc1ccccc1NC1=C(Sc2ccccc2)C(=O)N(c2ccc(Cl)cc2)C1=O. The molecule has 7 heteroatoms. The van der Waals surface area contributed by atoms with Crippen molar-refractivity contribution in [1.82, 2.24) is 0 Å².